The van der Waals surface area contributed by atoms with Gasteiger partial charge >= 0.3 is 5.97 Å². The van der Waals surface area contributed by atoms with Crippen LogP contribution in [0.3, 0.4) is 0 Å². The molecule has 2 rings (SSSR count). The predicted octanol–water partition coefficient (Wildman–Crippen LogP) is 1.11. The first-order valence-corrected chi connectivity index (χ1v) is 5.79. The molecule has 0 amide bonds. The minimum Gasteiger partial charge on any atom is -0.469 e. The van der Waals surface area contributed by atoms with Gasteiger partial charge in [-0.3, -0.25) is 4.79 Å². The van der Waals surface area contributed by atoms with Crippen LogP contribution >= 0.6 is 0 Å². The highest BCUT2D eigenvalue weighted by molar-refractivity contribution is 5.69. The molecule has 0 fully saturated rings. The molecular formula is C11H17N3O2. The summed E-state index contributed by atoms with van der Waals surface area (Å²) in [5, 5.41) is 8.33. The van der Waals surface area contributed by atoms with Crippen LogP contribution in [0.2, 0.25) is 0 Å². The minimum absolute atomic E-state index is 0.189. The second kappa shape index (κ2) is 5.09. The third-order valence-electron chi connectivity index (χ3n) is 2.97. The van der Waals surface area contributed by atoms with Gasteiger partial charge in [0.2, 0.25) is 0 Å². The number of rotatable bonds is 3. The maximum Gasteiger partial charge on any atom is 0.305 e. The Kier molecular flexibility index (Phi) is 3.54. The van der Waals surface area contributed by atoms with Crippen molar-refractivity contribution in [3.63, 3.8) is 0 Å². The number of aromatic nitrogens is 3. The molecule has 0 bridgehead atoms. The zero-order valence-electron chi connectivity index (χ0n) is 9.61. The third kappa shape index (κ3) is 2.40. The maximum absolute atomic E-state index is 11.1. The number of aryl methyl sites for hydroxylation is 2. The van der Waals surface area contributed by atoms with Crippen LogP contribution < -0.4 is 0 Å². The van der Waals surface area contributed by atoms with Gasteiger partial charge in [-0.15, -0.1) is 10.2 Å². The minimum atomic E-state index is -0.189. The van der Waals surface area contributed by atoms with Gasteiger partial charge in [-0.1, -0.05) is 6.42 Å². The third-order valence-corrected chi connectivity index (χ3v) is 2.97. The lowest BCUT2D eigenvalue weighted by atomic mass is 10.2. The molecular weight excluding hydrogens is 206 g/mol. The van der Waals surface area contributed by atoms with Crippen molar-refractivity contribution >= 4 is 5.97 Å². The molecule has 1 aliphatic rings. The Morgan fingerprint density at radius 2 is 2.25 bits per heavy atom. The number of esters is 1. The second-order valence-electron chi connectivity index (χ2n) is 4.07. The fourth-order valence-corrected chi connectivity index (χ4v) is 2.05. The lowest BCUT2D eigenvalue weighted by Gasteiger charge is -2.05. The molecule has 0 saturated heterocycles. The van der Waals surface area contributed by atoms with Crippen LogP contribution in [0.5, 0.6) is 0 Å². The van der Waals surface area contributed by atoms with Crippen LogP contribution in [-0.4, -0.2) is 27.8 Å². The molecule has 5 heteroatoms. The average Bonchev–Trinajstić information content (AvgIpc) is 2.54. The fourth-order valence-electron chi connectivity index (χ4n) is 2.05. The summed E-state index contributed by atoms with van der Waals surface area (Å²) in [5.74, 6) is 1.80. The lowest BCUT2D eigenvalue weighted by Crippen LogP contribution is -2.09. The summed E-state index contributed by atoms with van der Waals surface area (Å²) in [5.41, 5.74) is 0. The predicted molar refractivity (Wildman–Crippen MR) is 57.9 cm³/mol. The Labute approximate surface area is 94.8 Å². The lowest BCUT2D eigenvalue weighted by molar-refractivity contribution is -0.140. The molecule has 0 unspecified atom stereocenters. The molecule has 1 aromatic rings. The van der Waals surface area contributed by atoms with Crippen molar-refractivity contribution in [3.05, 3.63) is 11.6 Å². The largest absolute Gasteiger partial charge is 0.469 e. The standard InChI is InChI=1S/C11H17N3O2/c1-16-11(15)7-6-10-13-12-9-5-3-2-4-8-14(9)10/h2-8H2,1H3. The molecule has 0 aliphatic carbocycles. The monoisotopic (exact) mass is 223 g/mol. The van der Waals surface area contributed by atoms with E-state index in [1.165, 1.54) is 26.4 Å². The molecule has 0 spiro atoms. The first-order valence-electron chi connectivity index (χ1n) is 5.79. The Balaban J connectivity index is 2.04. The Bertz CT molecular complexity index is 373. The number of nitrogens with zero attached hydrogens (tertiary/aromatic N) is 3. The van der Waals surface area contributed by atoms with Gasteiger partial charge < -0.3 is 9.30 Å². The van der Waals surface area contributed by atoms with Gasteiger partial charge in [-0.05, 0) is 12.8 Å². The number of methoxy groups -OCH3 is 1. The van der Waals surface area contributed by atoms with Gasteiger partial charge in [-0.25, -0.2) is 0 Å². The Morgan fingerprint density at radius 1 is 1.38 bits per heavy atom. The van der Waals surface area contributed by atoms with Crippen LogP contribution in [0.4, 0.5) is 0 Å². The zero-order valence-corrected chi connectivity index (χ0v) is 9.61. The first kappa shape index (κ1) is 11.1. The molecule has 0 radical (unpaired) electrons. The number of carbonyl (C=O) groups excluding carboxylic acids is 1. The number of ether oxygens (including phenoxy) is 1. The highest BCUT2D eigenvalue weighted by Gasteiger charge is 2.15. The molecule has 1 aromatic heterocycles. The van der Waals surface area contributed by atoms with E-state index in [4.69, 9.17) is 0 Å². The smallest absolute Gasteiger partial charge is 0.305 e. The summed E-state index contributed by atoms with van der Waals surface area (Å²) < 4.78 is 6.78. The summed E-state index contributed by atoms with van der Waals surface area (Å²) in [6, 6.07) is 0. The van der Waals surface area contributed by atoms with Crippen molar-refractivity contribution in [2.75, 3.05) is 7.11 Å². The van der Waals surface area contributed by atoms with Crippen LogP contribution in [0.1, 0.15) is 37.3 Å². The van der Waals surface area contributed by atoms with E-state index in [0.29, 0.717) is 12.8 Å². The van der Waals surface area contributed by atoms with Gasteiger partial charge in [-0.2, -0.15) is 0 Å². The summed E-state index contributed by atoms with van der Waals surface area (Å²) >= 11 is 0. The van der Waals surface area contributed by atoms with E-state index < -0.39 is 0 Å². The van der Waals surface area contributed by atoms with Crippen molar-refractivity contribution in [3.8, 4) is 0 Å². The molecule has 88 valence electrons. The summed E-state index contributed by atoms with van der Waals surface area (Å²) in [6.07, 6.45) is 5.63. The zero-order chi connectivity index (χ0) is 11.4. The number of carbonyl (C=O) groups is 1. The highest BCUT2D eigenvalue weighted by Crippen LogP contribution is 2.15. The van der Waals surface area contributed by atoms with Gasteiger partial charge in [0.25, 0.3) is 0 Å². The van der Waals surface area contributed by atoms with E-state index in [0.717, 1.165) is 24.6 Å². The van der Waals surface area contributed by atoms with E-state index in [9.17, 15) is 4.79 Å². The number of fused-ring (bicyclic) bond motifs is 1. The quantitative estimate of drug-likeness (QED) is 0.720. The van der Waals surface area contributed by atoms with Gasteiger partial charge in [0.1, 0.15) is 11.6 Å². The van der Waals surface area contributed by atoms with E-state index >= 15 is 0 Å². The number of hydrogen-bond donors (Lipinski definition) is 0. The van der Waals surface area contributed by atoms with Gasteiger partial charge in [0.15, 0.2) is 0 Å². The molecule has 16 heavy (non-hydrogen) atoms. The summed E-state index contributed by atoms with van der Waals surface area (Å²) in [7, 11) is 1.41. The van der Waals surface area contributed by atoms with Crippen molar-refractivity contribution < 1.29 is 9.53 Å². The number of hydrogen-bond acceptors (Lipinski definition) is 4. The van der Waals surface area contributed by atoms with Crippen molar-refractivity contribution in [1.29, 1.82) is 0 Å². The fraction of sp³-hybridized carbons (Fsp3) is 0.727. The first-order chi connectivity index (χ1) is 7.81. The van der Waals surface area contributed by atoms with Crippen LogP contribution in [0, 0.1) is 0 Å². The van der Waals surface area contributed by atoms with Crippen LogP contribution in [0.15, 0.2) is 0 Å². The topological polar surface area (TPSA) is 57.0 Å². The van der Waals surface area contributed by atoms with Crippen molar-refractivity contribution in [1.82, 2.24) is 14.8 Å². The van der Waals surface area contributed by atoms with Gasteiger partial charge in [0.05, 0.1) is 13.5 Å². The van der Waals surface area contributed by atoms with E-state index in [1.54, 1.807) is 0 Å². The molecule has 0 aromatic carbocycles. The van der Waals surface area contributed by atoms with Crippen LogP contribution in [-0.2, 0) is 28.9 Å². The molecule has 1 aliphatic heterocycles. The SMILES string of the molecule is COC(=O)CCc1nnc2n1CCCCC2. The van der Waals surface area contributed by atoms with Crippen molar-refractivity contribution in [2.24, 2.45) is 0 Å². The molecule has 5 nitrogen and oxygen atoms in total. The highest BCUT2D eigenvalue weighted by atomic mass is 16.5. The average molecular weight is 223 g/mol. The Morgan fingerprint density at radius 3 is 3.06 bits per heavy atom. The molecule has 2 heterocycles. The Hall–Kier alpha value is -1.39. The summed E-state index contributed by atoms with van der Waals surface area (Å²) in [6.45, 7) is 0.985. The molecule has 0 N–H and O–H groups in total. The van der Waals surface area contributed by atoms with E-state index in [2.05, 4.69) is 19.5 Å². The van der Waals surface area contributed by atoms with Gasteiger partial charge in [0, 0.05) is 19.4 Å². The molecule has 0 saturated carbocycles. The van der Waals surface area contributed by atoms with E-state index in [1.807, 2.05) is 0 Å². The normalized spacial score (nSPS) is 15.3. The summed E-state index contributed by atoms with van der Waals surface area (Å²) in [4.78, 5) is 11.1. The maximum atomic E-state index is 11.1. The van der Waals surface area contributed by atoms with Crippen molar-refractivity contribution in [2.45, 2.75) is 45.1 Å². The molecule has 0 atom stereocenters. The van der Waals surface area contributed by atoms with Crippen LogP contribution in [0.25, 0.3) is 0 Å². The second-order valence-corrected chi connectivity index (χ2v) is 4.07. The van der Waals surface area contributed by atoms with E-state index in [-0.39, 0.29) is 5.97 Å².